The van der Waals surface area contributed by atoms with E-state index in [9.17, 15) is 0 Å². The van der Waals surface area contributed by atoms with E-state index in [-0.39, 0.29) is 5.60 Å². The molecule has 0 aromatic heterocycles. The average Bonchev–Trinajstić information content (AvgIpc) is 2.63. The molecule has 2 fully saturated rings. The van der Waals surface area contributed by atoms with Gasteiger partial charge in [0.2, 0.25) is 0 Å². The van der Waals surface area contributed by atoms with Crippen molar-refractivity contribution < 1.29 is 9.47 Å². The molecule has 17 heavy (non-hydrogen) atoms. The molecule has 2 atom stereocenters. The third-order valence-corrected chi connectivity index (χ3v) is 4.28. The van der Waals surface area contributed by atoms with E-state index in [4.69, 9.17) is 15.2 Å². The van der Waals surface area contributed by atoms with Crippen molar-refractivity contribution in [3.05, 3.63) is 0 Å². The van der Waals surface area contributed by atoms with E-state index in [1.54, 1.807) is 0 Å². The predicted octanol–water partition coefficient (Wildman–Crippen LogP) is 2.62. The third-order valence-electron chi connectivity index (χ3n) is 4.28. The quantitative estimate of drug-likeness (QED) is 0.770. The number of hydrogen-bond donors (Lipinski definition) is 1. The zero-order valence-electron chi connectivity index (χ0n) is 11.1. The second kappa shape index (κ2) is 6.17. The summed E-state index contributed by atoms with van der Waals surface area (Å²) in [4.78, 5) is 0. The van der Waals surface area contributed by atoms with Gasteiger partial charge in [-0.25, -0.2) is 0 Å². The van der Waals surface area contributed by atoms with Gasteiger partial charge in [0.1, 0.15) is 0 Å². The standard InChI is InChI=1S/C14H27NO2/c1-12-6-7-13(17-12)10-16-14(11-15)8-4-2-3-5-9-14/h12-13H,2-11,15H2,1H3. The Hall–Kier alpha value is -0.120. The minimum absolute atomic E-state index is 0.0499. The Kier molecular flexibility index (Phi) is 4.83. The second-order valence-corrected chi connectivity index (χ2v) is 5.76. The van der Waals surface area contributed by atoms with Crippen molar-refractivity contribution in [3.8, 4) is 0 Å². The molecule has 0 bridgehead atoms. The zero-order chi connectivity index (χ0) is 12.1. The van der Waals surface area contributed by atoms with Crippen LogP contribution in [0.25, 0.3) is 0 Å². The van der Waals surface area contributed by atoms with Crippen LogP contribution < -0.4 is 5.73 Å². The molecule has 1 aliphatic carbocycles. The van der Waals surface area contributed by atoms with Gasteiger partial charge in [0.15, 0.2) is 0 Å². The summed E-state index contributed by atoms with van der Waals surface area (Å²) in [5.41, 5.74) is 5.90. The van der Waals surface area contributed by atoms with Crippen molar-refractivity contribution in [3.63, 3.8) is 0 Å². The Morgan fingerprint density at radius 2 is 1.88 bits per heavy atom. The van der Waals surface area contributed by atoms with Gasteiger partial charge in [0, 0.05) is 6.54 Å². The third kappa shape index (κ3) is 3.67. The molecule has 0 aromatic carbocycles. The van der Waals surface area contributed by atoms with Crippen LogP contribution in [0.2, 0.25) is 0 Å². The van der Waals surface area contributed by atoms with Gasteiger partial charge in [-0.15, -0.1) is 0 Å². The normalized spacial score (nSPS) is 33.5. The summed E-state index contributed by atoms with van der Waals surface area (Å²) in [5.74, 6) is 0. The van der Waals surface area contributed by atoms with Crippen LogP contribution >= 0.6 is 0 Å². The maximum atomic E-state index is 6.18. The zero-order valence-corrected chi connectivity index (χ0v) is 11.1. The molecule has 3 heteroatoms. The lowest BCUT2D eigenvalue weighted by atomic mass is 9.94. The molecular weight excluding hydrogens is 214 g/mol. The number of rotatable bonds is 4. The minimum atomic E-state index is -0.0499. The van der Waals surface area contributed by atoms with Gasteiger partial charge in [0.25, 0.3) is 0 Å². The smallest absolute Gasteiger partial charge is 0.0813 e. The van der Waals surface area contributed by atoms with Crippen LogP contribution in [0.1, 0.15) is 58.3 Å². The maximum absolute atomic E-state index is 6.18. The molecule has 2 unspecified atom stereocenters. The van der Waals surface area contributed by atoms with Crippen LogP contribution in [0.15, 0.2) is 0 Å². The van der Waals surface area contributed by atoms with E-state index < -0.39 is 0 Å². The fraction of sp³-hybridized carbons (Fsp3) is 1.00. The van der Waals surface area contributed by atoms with E-state index in [0.717, 1.165) is 25.9 Å². The molecule has 2 rings (SSSR count). The monoisotopic (exact) mass is 241 g/mol. The Labute approximate surface area is 105 Å². The molecule has 1 heterocycles. The fourth-order valence-corrected chi connectivity index (χ4v) is 3.06. The SMILES string of the molecule is CC1CCC(COC2(CN)CCCCCC2)O1. The highest BCUT2D eigenvalue weighted by Gasteiger charge is 2.32. The molecule has 2 aliphatic rings. The van der Waals surface area contributed by atoms with Crippen molar-refractivity contribution in [1.29, 1.82) is 0 Å². The number of hydrogen-bond acceptors (Lipinski definition) is 3. The predicted molar refractivity (Wildman–Crippen MR) is 69.0 cm³/mol. The van der Waals surface area contributed by atoms with Gasteiger partial charge in [-0.3, -0.25) is 0 Å². The molecule has 1 saturated heterocycles. The largest absolute Gasteiger partial charge is 0.373 e. The van der Waals surface area contributed by atoms with Crippen LogP contribution in [0.5, 0.6) is 0 Å². The fourth-order valence-electron chi connectivity index (χ4n) is 3.06. The van der Waals surface area contributed by atoms with Gasteiger partial charge in [-0.1, -0.05) is 25.7 Å². The molecule has 3 nitrogen and oxygen atoms in total. The number of ether oxygens (including phenoxy) is 2. The van der Waals surface area contributed by atoms with Gasteiger partial charge >= 0.3 is 0 Å². The van der Waals surface area contributed by atoms with Crippen LogP contribution in [0.4, 0.5) is 0 Å². The highest BCUT2D eigenvalue weighted by atomic mass is 16.6. The summed E-state index contributed by atoms with van der Waals surface area (Å²) < 4.78 is 12.0. The van der Waals surface area contributed by atoms with Gasteiger partial charge in [-0.05, 0) is 32.6 Å². The summed E-state index contributed by atoms with van der Waals surface area (Å²) in [5, 5.41) is 0. The molecule has 1 saturated carbocycles. The molecule has 0 aromatic rings. The summed E-state index contributed by atoms with van der Waals surface area (Å²) in [7, 11) is 0. The number of nitrogens with two attached hydrogens (primary N) is 1. The topological polar surface area (TPSA) is 44.5 Å². The first kappa shape index (κ1) is 13.3. The lowest BCUT2D eigenvalue weighted by molar-refractivity contribution is -0.0942. The van der Waals surface area contributed by atoms with Crippen LogP contribution in [-0.2, 0) is 9.47 Å². The van der Waals surface area contributed by atoms with Crippen molar-refractivity contribution >= 4 is 0 Å². The second-order valence-electron chi connectivity index (χ2n) is 5.76. The lowest BCUT2D eigenvalue weighted by Gasteiger charge is -2.32. The van der Waals surface area contributed by atoms with Crippen LogP contribution in [-0.4, -0.2) is 31.0 Å². The van der Waals surface area contributed by atoms with Gasteiger partial charge in [0.05, 0.1) is 24.4 Å². The van der Waals surface area contributed by atoms with Crippen molar-refractivity contribution in [2.75, 3.05) is 13.2 Å². The van der Waals surface area contributed by atoms with E-state index in [1.807, 2.05) is 0 Å². The highest BCUT2D eigenvalue weighted by Crippen LogP contribution is 2.31. The first-order valence-corrected chi connectivity index (χ1v) is 7.24. The van der Waals surface area contributed by atoms with Crippen molar-refractivity contribution in [1.82, 2.24) is 0 Å². The highest BCUT2D eigenvalue weighted by molar-refractivity contribution is 4.85. The minimum Gasteiger partial charge on any atom is -0.373 e. The molecule has 0 amide bonds. The van der Waals surface area contributed by atoms with E-state index >= 15 is 0 Å². The maximum Gasteiger partial charge on any atom is 0.0813 e. The van der Waals surface area contributed by atoms with Crippen LogP contribution in [0.3, 0.4) is 0 Å². The summed E-state index contributed by atoms with van der Waals surface area (Å²) >= 11 is 0. The van der Waals surface area contributed by atoms with Crippen molar-refractivity contribution in [2.24, 2.45) is 5.73 Å². The molecule has 0 radical (unpaired) electrons. The first-order valence-electron chi connectivity index (χ1n) is 7.24. The summed E-state index contributed by atoms with van der Waals surface area (Å²) in [6.45, 7) is 3.54. The summed E-state index contributed by atoms with van der Waals surface area (Å²) in [6, 6.07) is 0. The Morgan fingerprint density at radius 1 is 1.18 bits per heavy atom. The van der Waals surface area contributed by atoms with E-state index in [0.29, 0.717) is 18.8 Å². The van der Waals surface area contributed by atoms with E-state index in [1.165, 1.54) is 32.1 Å². The lowest BCUT2D eigenvalue weighted by Crippen LogP contribution is -2.42. The van der Waals surface area contributed by atoms with E-state index in [2.05, 4.69) is 6.92 Å². The molecule has 1 aliphatic heterocycles. The summed E-state index contributed by atoms with van der Waals surface area (Å²) in [6.07, 6.45) is 10.5. The average molecular weight is 241 g/mol. The van der Waals surface area contributed by atoms with Crippen molar-refractivity contribution in [2.45, 2.75) is 76.1 Å². The molecule has 2 N–H and O–H groups in total. The Morgan fingerprint density at radius 3 is 2.41 bits per heavy atom. The molecule has 100 valence electrons. The Balaban J connectivity index is 1.81. The Bertz CT molecular complexity index is 224. The molecule has 0 spiro atoms. The van der Waals surface area contributed by atoms with Gasteiger partial charge in [-0.2, -0.15) is 0 Å². The van der Waals surface area contributed by atoms with Crippen LogP contribution in [0, 0.1) is 0 Å². The molecular formula is C14H27NO2. The first-order chi connectivity index (χ1) is 8.24. The van der Waals surface area contributed by atoms with Gasteiger partial charge < -0.3 is 15.2 Å².